The second-order valence-corrected chi connectivity index (χ2v) is 8.37. The highest BCUT2D eigenvalue weighted by Gasteiger charge is 2.37. The van der Waals surface area contributed by atoms with Crippen LogP contribution in [-0.4, -0.2) is 83.3 Å². The van der Waals surface area contributed by atoms with Crippen molar-refractivity contribution in [2.45, 2.75) is 19.3 Å². The van der Waals surface area contributed by atoms with Gasteiger partial charge in [-0.2, -0.15) is 4.98 Å². The predicted molar refractivity (Wildman–Crippen MR) is 119 cm³/mol. The molecule has 3 aliphatic rings. The third-order valence-corrected chi connectivity index (χ3v) is 6.39. The lowest BCUT2D eigenvalue weighted by molar-refractivity contribution is -0.131. The molecule has 32 heavy (non-hydrogen) atoms. The molecule has 2 saturated heterocycles. The van der Waals surface area contributed by atoms with Crippen molar-refractivity contribution in [2.75, 3.05) is 55.6 Å². The summed E-state index contributed by atoms with van der Waals surface area (Å²) in [5, 5.41) is 0. The van der Waals surface area contributed by atoms with Gasteiger partial charge in [0.05, 0.1) is 11.1 Å². The van der Waals surface area contributed by atoms with Crippen LogP contribution in [0, 0.1) is 0 Å². The summed E-state index contributed by atoms with van der Waals surface area (Å²) < 4.78 is 0. The zero-order chi connectivity index (χ0) is 22.1. The van der Waals surface area contributed by atoms with Crippen molar-refractivity contribution in [2.24, 2.45) is 0 Å². The Labute approximate surface area is 186 Å². The molecule has 9 heteroatoms. The van der Waals surface area contributed by atoms with Gasteiger partial charge < -0.3 is 14.7 Å². The number of rotatable bonds is 4. The van der Waals surface area contributed by atoms with Crippen LogP contribution in [0.5, 0.6) is 0 Å². The quantitative estimate of drug-likeness (QED) is 0.672. The van der Waals surface area contributed by atoms with E-state index in [1.807, 2.05) is 6.07 Å². The standard InChI is InChI=1S/C23H26N6O3/c30-20(16-29-21(31)17-6-2-3-7-18(17)22(29)32)27-14-12-26(13-15-27)19-8-9-24-23(25-19)28-10-4-1-5-11-28/h2-3,6-9H,1,4-5,10-16H2. The van der Waals surface area contributed by atoms with Gasteiger partial charge in [-0.25, -0.2) is 4.98 Å². The molecular formula is C23H26N6O3. The SMILES string of the molecule is O=C(CN1C(=O)c2ccccc2C1=O)N1CCN(c2ccnc(N3CCCCC3)n2)CC1. The number of carbonyl (C=O) groups excluding carboxylic acids is 3. The summed E-state index contributed by atoms with van der Waals surface area (Å²) in [7, 11) is 0. The number of benzene rings is 1. The highest BCUT2D eigenvalue weighted by Crippen LogP contribution is 2.23. The van der Waals surface area contributed by atoms with Crippen LogP contribution in [0.25, 0.3) is 0 Å². The molecule has 3 aliphatic heterocycles. The first-order valence-electron chi connectivity index (χ1n) is 11.2. The Hall–Kier alpha value is -3.49. The molecular weight excluding hydrogens is 408 g/mol. The fourth-order valence-corrected chi connectivity index (χ4v) is 4.56. The van der Waals surface area contributed by atoms with Crippen LogP contribution >= 0.6 is 0 Å². The highest BCUT2D eigenvalue weighted by molar-refractivity contribution is 6.22. The van der Waals surface area contributed by atoms with Crippen molar-refractivity contribution >= 4 is 29.5 Å². The minimum absolute atomic E-state index is 0.212. The van der Waals surface area contributed by atoms with E-state index in [-0.39, 0.29) is 12.5 Å². The van der Waals surface area contributed by atoms with Crippen LogP contribution in [0.4, 0.5) is 11.8 Å². The minimum atomic E-state index is -0.399. The van der Waals surface area contributed by atoms with Crippen molar-refractivity contribution < 1.29 is 14.4 Å². The maximum atomic E-state index is 12.8. The van der Waals surface area contributed by atoms with E-state index in [2.05, 4.69) is 14.8 Å². The van der Waals surface area contributed by atoms with Gasteiger partial charge >= 0.3 is 0 Å². The molecule has 0 atom stereocenters. The van der Waals surface area contributed by atoms with Gasteiger partial charge in [0.15, 0.2) is 0 Å². The van der Waals surface area contributed by atoms with Gasteiger partial charge in [0.1, 0.15) is 12.4 Å². The molecule has 166 valence electrons. The van der Waals surface area contributed by atoms with Gasteiger partial charge in [0.25, 0.3) is 11.8 Å². The van der Waals surface area contributed by atoms with E-state index >= 15 is 0 Å². The van der Waals surface area contributed by atoms with Crippen LogP contribution in [0.1, 0.15) is 40.0 Å². The summed E-state index contributed by atoms with van der Waals surface area (Å²) in [6.45, 7) is 4.08. The molecule has 0 saturated carbocycles. The average molecular weight is 435 g/mol. The van der Waals surface area contributed by atoms with Crippen LogP contribution in [0.2, 0.25) is 0 Å². The second kappa shape index (κ2) is 8.57. The summed E-state index contributed by atoms with van der Waals surface area (Å²) in [6.07, 6.45) is 5.39. The number of amides is 3. The molecule has 5 rings (SSSR count). The zero-order valence-electron chi connectivity index (χ0n) is 17.9. The number of nitrogens with zero attached hydrogens (tertiary/aromatic N) is 6. The fourth-order valence-electron chi connectivity index (χ4n) is 4.56. The van der Waals surface area contributed by atoms with E-state index in [4.69, 9.17) is 4.98 Å². The molecule has 1 aromatic carbocycles. The van der Waals surface area contributed by atoms with Crippen molar-refractivity contribution in [3.8, 4) is 0 Å². The molecule has 0 N–H and O–H groups in total. The third kappa shape index (κ3) is 3.79. The van der Waals surface area contributed by atoms with E-state index in [0.29, 0.717) is 37.3 Å². The summed E-state index contributed by atoms with van der Waals surface area (Å²) >= 11 is 0. The minimum Gasteiger partial charge on any atom is -0.353 e. The number of aromatic nitrogens is 2. The summed E-state index contributed by atoms with van der Waals surface area (Å²) in [4.78, 5) is 54.2. The van der Waals surface area contributed by atoms with Gasteiger partial charge in [-0.05, 0) is 37.5 Å². The molecule has 2 fully saturated rings. The Morgan fingerprint density at radius 1 is 0.812 bits per heavy atom. The first kappa shape index (κ1) is 20.4. The molecule has 0 radical (unpaired) electrons. The van der Waals surface area contributed by atoms with Crippen molar-refractivity contribution in [3.05, 3.63) is 47.7 Å². The first-order chi connectivity index (χ1) is 15.6. The Bertz CT molecular complexity index is 1010. The van der Waals surface area contributed by atoms with Crippen LogP contribution in [0.3, 0.4) is 0 Å². The molecule has 1 aromatic heterocycles. The van der Waals surface area contributed by atoms with Gasteiger partial charge in [-0.1, -0.05) is 12.1 Å². The molecule has 0 aliphatic carbocycles. The summed E-state index contributed by atoms with van der Waals surface area (Å²) in [5.74, 6) is 0.628. The number of hydrogen-bond acceptors (Lipinski definition) is 7. The monoisotopic (exact) mass is 434 g/mol. The van der Waals surface area contributed by atoms with E-state index in [1.165, 1.54) is 19.3 Å². The normalized spacial score (nSPS) is 18.9. The molecule has 0 spiro atoms. The highest BCUT2D eigenvalue weighted by atomic mass is 16.2. The van der Waals surface area contributed by atoms with Crippen molar-refractivity contribution in [1.29, 1.82) is 0 Å². The lowest BCUT2D eigenvalue weighted by Crippen LogP contribution is -2.52. The molecule has 2 aromatic rings. The summed E-state index contributed by atoms with van der Waals surface area (Å²) in [6, 6.07) is 8.60. The van der Waals surface area contributed by atoms with Gasteiger partial charge in [0.2, 0.25) is 11.9 Å². The number of fused-ring (bicyclic) bond motifs is 1. The lowest BCUT2D eigenvalue weighted by Gasteiger charge is -2.36. The van der Waals surface area contributed by atoms with Crippen LogP contribution in [-0.2, 0) is 4.79 Å². The van der Waals surface area contributed by atoms with E-state index in [0.717, 1.165) is 29.8 Å². The first-order valence-corrected chi connectivity index (χ1v) is 11.2. The fraction of sp³-hybridized carbons (Fsp3) is 0.435. The van der Waals surface area contributed by atoms with Gasteiger partial charge in [-0.15, -0.1) is 0 Å². The Morgan fingerprint density at radius 3 is 2.12 bits per heavy atom. The number of hydrogen-bond donors (Lipinski definition) is 0. The second-order valence-electron chi connectivity index (χ2n) is 8.37. The number of carbonyl (C=O) groups is 3. The van der Waals surface area contributed by atoms with Crippen molar-refractivity contribution in [1.82, 2.24) is 19.8 Å². The number of piperidine rings is 1. The average Bonchev–Trinajstić information content (AvgIpc) is 3.10. The Morgan fingerprint density at radius 2 is 1.47 bits per heavy atom. The maximum absolute atomic E-state index is 12.8. The largest absolute Gasteiger partial charge is 0.353 e. The number of piperazine rings is 1. The smallest absolute Gasteiger partial charge is 0.262 e. The van der Waals surface area contributed by atoms with E-state index < -0.39 is 11.8 Å². The topological polar surface area (TPSA) is 90.0 Å². The molecule has 9 nitrogen and oxygen atoms in total. The Kier molecular flexibility index (Phi) is 5.46. The van der Waals surface area contributed by atoms with E-state index in [9.17, 15) is 14.4 Å². The molecule has 0 unspecified atom stereocenters. The number of anilines is 2. The van der Waals surface area contributed by atoms with Crippen LogP contribution < -0.4 is 9.80 Å². The van der Waals surface area contributed by atoms with Crippen molar-refractivity contribution in [3.63, 3.8) is 0 Å². The third-order valence-electron chi connectivity index (χ3n) is 6.39. The lowest BCUT2D eigenvalue weighted by atomic mass is 10.1. The van der Waals surface area contributed by atoms with Gasteiger partial charge in [-0.3, -0.25) is 19.3 Å². The van der Waals surface area contributed by atoms with Crippen LogP contribution in [0.15, 0.2) is 36.5 Å². The molecule has 3 amide bonds. The predicted octanol–water partition coefficient (Wildman–Crippen LogP) is 1.41. The zero-order valence-corrected chi connectivity index (χ0v) is 17.9. The van der Waals surface area contributed by atoms with Gasteiger partial charge in [0, 0.05) is 45.5 Å². The van der Waals surface area contributed by atoms with E-state index in [1.54, 1.807) is 35.4 Å². The number of imide groups is 1. The molecule has 0 bridgehead atoms. The molecule has 4 heterocycles. The Balaban J connectivity index is 1.19. The summed E-state index contributed by atoms with van der Waals surface area (Å²) in [5.41, 5.74) is 0.729. The maximum Gasteiger partial charge on any atom is 0.262 e.